The van der Waals surface area contributed by atoms with E-state index in [1.807, 2.05) is 0 Å². The molecule has 2 saturated heterocycles. The molecule has 2 amide bonds. The Labute approximate surface area is 130 Å². The van der Waals surface area contributed by atoms with E-state index in [1.165, 1.54) is 6.92 Å². The van der Waals surface area contributed by atoms with Crippen molar-refractivity contribution < 1.29 is 19.5 Å². The average Bonchev–Trinajstić information content (AvgIpc) is 3.04. The topological polar surface area (TPSA) is 77.9 Å². The first-order valence-corrected chi connectivity index (χ1v) is 8.22. The van der Waals surface area contributed by atoms with Crippen molar-refractivity contribution in [2.24, 2.45) is 17.3 Å². The lowest BCUT2D eigenvalue weighted by molar-refractivity contribution is -0.149. The van der Waals surface area contributed by atoms with E-state index in [-0.39, 0.29) is 23.7 Å². The molecule has 0 bridgehead atoms. The summed E-state index contributed by atoms with van der Waals surface area (Å²) < 4.78 is 0. The average molecular weight is 308 g/mol. The Kier molecular flexibility index (Phi) is 3.87. The largest absolute Gasteiger partial charge is 0.481 e. The van der Waals surface area contributed by atoms with Gasteiger partial charge in [0.2, 0.25) is 11.8 Å². The highest BCUT2D eigenvalue weighted by Gasteiger charge is 2.56. The minimum Gasteiger partial charge on any atom is -0.481 e. The molecule has 3 atom stereocenters. The monoisotopic (exact) mass is 308 g/mol. The van der Waals surface area contributed by atoms with Gasteiger partial charge in [0.1, 0.15) is 0 Å². The molecule has 0 aromatic heterocycles. The third kappa shape index (κ3) is 2.38. The fraction of sp³-hybridized carbons (Fsp3) is 0.812. The summed E-state index contributed by atoms with van der Waals surface area (Å²) in [7, 11) is 0. The molecule has 1 saturated carbocycles. The Hall–Kier alpha value is -1.59. The number of carboxylic acid groups (broad SMARTS) is 1. The molecule has 22 heavy (non-hydrogen) atoms. The first-order chi connectivity index (χ1) is 10.4. The molecule has 1 N–H and O–H groups in total. The number of amides is 2. The molecule has 1 aliphatic carbocycles. The van der Waals surface area contributed by atoms with Gasteiger partial charge in [0.25, 0.3) is 0 Å². The third-order valence-corrected chi connectivity index (χ3v) is 5.82. The van der Waals surface area contributed by atoms with E-state index in [0.717, 1.165) is 32.2 Å². The van der Waals surface area contributed by atoms with Crippen molar-refractivity contribution in [1.29, 1.82) is 0 Å². The van der Waals surface area contributed by atoms with Gasteiger partial charge in [-0.3, -0.25) is 14.4 Å². The van der Waals surface area contributed by atoms with Crippen molar-refractivity contribution in [3.05, 3.63) is 0 Å². The van der Waals surface area contributed by atoms with Gasteiger partial charge in [-0.2, -0.15) is 0 Å². The molecule has 0 aromatic carbocycles. The van der Waals surface area contributed by atoms with E-state index in [9.17, 15) is 19.5 Å². The number of rotatable bonds is 2. The van der Waals surface area contributed by atoms with E-state index >= 15 is 0 Å². The van der Waals surface area contributed by atoms with Crippen LogP contribution in [0.3, 0.4) is 0 Å². The first-order valence-electron chi connectivity index (χ1n) is 8.22. The number of likely N-dealkylation sites (tertiary alicyclic amines) is 2. The molecule has 0 spiro atoms. The number of piperidine rings is 1. The fourth-order valence-corrected chi connectivity index (χ4v) is 4.53. The zero-order chi connectivity index (χ0) is 15.9. The van der Waals surface area contributed by atoms with Crippen molar-refractivity contribution in [1.82, 2.24) is 9.80 Å². The molecule has 6 nitrogen and oxygen atoms in total. The normalized spacial score (nSPS) is 34.6. The van der Waals surface area contributed by atoms with Crippen LogP contribution in [0.15, 0.2) is 0 Å². The number of aliphatic carboxylic acids is 1. The van der Waals surface area contributed by atoms with Crippen LogP contribution in [0.4, 0.5) is 0 Å². The van der Waals surface area contributed by atoms with Gasteiger partial charge < -0.3 is 14.9 Å². The summed E-state index contributed by atoms with van der Waals surface area (Å²) in [4.78, 5) is 39.5. The Morgan fingerprint density at radius 1 is 1.09 bits per heavy atom. The smallest absolute Gasteiger partial charge is 0.311 e. The Morgan fingerprint density at radius 3 is 2.50 bits per heavy atom. The fourth-order valence-electron chi connectivity index (χ4n) is 4.53. The standard InChI is InChI=1S/C16H24N2O4/c1-11(19)17-7-3-4-12(8-17)14(20)18-9-13-5-2-6-16(13,10-18)15(21)22/h12-13H,2-10H2,1H3,(H,21,22)/t12?,13-,16+/m0/s1. The quantitative estimate of drug-likeness (QED) is 0.824. The summed E-state index contributed by atoms with van der Waals surface area (Å²) >= 11 is 0. The van der Waals surface area contributed by atoms with E-state index in [2.05, 4.69) is 0 Å². The van der Waals surface area contributed by atoms with Gasteiger partial charge >= 0.3 is 5.97 Å². The minimum atomic E-state index is -0.751. The number of carbonyl (C=O) groups is 3. The highest BCUT2D eigenvalue weighted by molar-refractivity contribution is 5.83. The molecule has 6 heteroatoms. The number of carboxylic acids is 1. The number of hydrogen-bond donors (Lipinski definition) is 1. The van der Waals surface area contributed by atoms with Gasteiger partial charge in [-0.05, 0) is 31.6 Å². The second-order valence-corrected chi connectivity index (χ2v) is 7.07. The van der Waals surface area contributed by atoms with E-state index in [4.69, 9.17) is 0 Å². The lowest BCUT2D eigenvalue weighted by atomic mass is 9.81. The molecule has 3 rings (SSSR count). The Morgan fingerprint density at radius 2 is 1.86 bits per heavy atom. The lowest BCUT2D eigenvalue weighted by Gasteiger charge is -2.33. The van der Waals surface area contributed by atoms with Crippen LogP contribution in [0.25, 0.3) is 0 Å². The summed E-state index contributed by atoms with van der Waals surface area (Å²) in [5, 5.41) is 9.61. The van der Waals surface area contributed by atoms with Crippen molar-refractivity contribution in [2.45, 2.75) is 39.0 Å². The van der Waals surface area contributed by atoms with Gasteiger partial charge in [0, 0.05) is 33.1 Å². The van der Waals surface area contributed by atoms with Crippen LogP contribution in [-0.2, 0) is 14.4 Å². The van der Waals surface area contributed by atoms with Gasteiger partial charge in [0.15, 0.2) is 0 Å². The van der Waals surface area contributed by atoms with Gasteiger partial charge in [-0.15, -0.1) is 0 Å². The van der Waals surface area contributed by atoms with Crippen LogP contribution >= 0.6 is 0 Å². The molecule has 2 aliphatic heterocycles. The molecule has 122 valence electrons. The van der Waals surface area contributed by atoms with E-state index < -0.39 is 11.4 Å². The predicted octanol–water partition coefficient (Wildman–Crippen LogP) is 0.958. The molecule has 0 radical (unpaired) electrons. The molecule has 2 heterocycles. The maximum atomic E-state index is 12.8. The summed E-state index contributed by atoms with van der Waals surface area (Å²) in [6.07, 6.45) is 4.17. The minimum absolute atomic E-state index is 0.0118. The van der Waals surface area contributed by atoms with Crippen molar-refractivity contribution >= 4 is 17.8 Å². The second kappa shape index (κ2) is 5.56. The predicted molar refractivity (Wildman–Crippen MR) is 79.0 cm³/mol. The summed E-state index contributed by atoms with van der Waals surface area (Å²) in [6, 6.07) is 0. The van der Waals surface area contributed by atoms with Crippen molar-refractivity contribution in [2.75, 3.05) is 26.2 Å². The van der Waals surface area contributed by atoms with Gasteiger partial charge in [-0.1, -0.05) is 6.42 Å². The first kappa shape index (κ1) is 15.3. The molecular weight excluding hydrogens is 284 g/mol. The SMILES string of the molecule is CC(=O)N1CCCC(C(=O)N2C[C@@H]3CCC[C@@]3(C(=O)O)C2)C1. The van der Waals surface area contributed by atoms with Crippen LogP contribution in [0.1, 0.15) is 39.0 Å². The summed E-state index contributed by atoms with van der Waals surface area (Å²) in [6.45, 7) is 3.66. The van der Waals surface area contributed by atoms with Crippen LogP contribution in [0.5, 0.6) is 0 Å². The second-order valence-electron chi connectivity index (χ2n) is 7.07. The zero-order valence-electron chi connectivity index (χ0n) is 13.1. The number of hydrogen-bond acceptors (Lipinski definition) is 3. The molecular formula is C16H24N2O4. The van der Waals surface area contributed by atoms with Crippen LogP contribution in [0, 0.1) is 17.3 Å². The van der Waals surface area contributed by atoms with Gasteiger partial charge in [0.05, 0.1) is 11.3 Å². The zero-order valence-corrected chi connectivity index (χ0v) is 13.1. The van der Waals surface area contributed by atoms with Crippen LogP contribution in [-0.4, -0.2) is 58.9 Å². The van der Waals surface area contributed by atoms with Crippen LogP contribution in [0.2, 0.25) is 0 Å². The number of fused-ring (bicyclic) bond motifs is 1. The van der Waals surface area contributed by atoms with E-state index in [1.54, 1.807) is 9.80 Å². The highest BCUT2D eigenvalue weighted by atomic mass is 16.4. The Bertz CT molecular complexity index is 506. The Balaban J connectivity index is 1.69. The van der Waals surface area contributed by atoms with E-state index in [0.29, 0.717) is 26.1 Å². The van der Waals surface area contributed by atoms with Gasteiger partial charge in [-0.25, -0.2) is 0 Å². The molecule has 3 fully saturated rings. The van der Waals surface area contributed by atoms with Crippen molar-refractivity contribution in [3.8, 4) is 0 Å². The number of nitrogens with zero attached hydrogens (tertiary/aromatic N) is 2. The molecule has 0 aromatic rings. The number of carbonyl (C=O) groups excluding carboxylic acids is 2. The van der Waals surface area contributed by atoms with Crippen molar-refractivity contribution in [3.63, 3.8) is 0 Å². The third-order valence-electron chi connectivity index (χ3n) is 5.82. The highest BCUT2D eigenvalue weighted by Crippen LogP contribution is 2.49. The maximum absolute atomic E-state index is 12.8. The summed E-state index contributed by atoms with van der Waals surface area (Å²) in [5.74, 6) is -0.762. The molecule has 3 aliphatic rings. The maximum Gasteiger partial charge on any atom is 0.311 e. The van der Waals surface area contributed by atoms with Crippen LogP contribution < -0.4 is 0 Å². The molecule has 1 unspecified atom stereocenters. The lowest BCUT2D eigenvalue weighted by Crippen LogP contribution is -2.46. The summed E-state index contributed by atoms with van der Waals surface area (Å²) in [5.41, 5.74) is -0.718.